The minimum Gasteiger partial charge on any atom is -0.481 e. The molecule has 9 nitrogen and oxygen atoms in total. The van der Waals surface area contributed by atoms with Gasteiger partial charge in [-0.25, -0.2) is 9.67 Å². The van der Waals surface area contributed by atoms with Gasteiger partial charge in [-0.15, -0.1) is 0 Å². The molecule has 2 aromatic heterocycles. The summed E-state index contributed by atoms with van der Waals surface area (Å²) in [5, 5.41) is 21.2. The van der Waals surface area contributed by atoms with E-state index in [1.165, 1.54) is 13.2 Å². The van der Waals surface area contributed by atoms with Crippen molar-refractivity contribution in [1.82, 2.24) is 20.1 Å². The second-order valence-electron chi connectivity index (χ2n) is 10.9. The zero-order valence-corrected chi connectivity index (χ0v) is 25.5. The summed E-state index contributed by atoms with van der Waals surface area (Å²) >= 11 is 7.02. The van der Waals surface area contributed by atoms with Crippen molar-refractivity contribution in [1.29, 1.82) is 0 Å². The van der Waals surface area contributed by atoms with Crippen LogP contribution in [0.5, 0.6) is 5.88 Å². The first kappa shape index (κ1) is 30.4. The molecule has 1 saturated carbocycles. The van der Waals surface area contributed by atoms with Crippen molar-refractivity contribution in [2.24, 2.45) is 7.05 Å². The van der Waals surface area contributed by atoms with E-state index in [2.05, 4.69) is 15.7 Å². The Bertz CT molecular complexity index is 1720. The maximum atomic E-state index is 13.1. The molecule has 5 rings (SSSR count). The highest BCUT2D eigenvalue weighted by molar-refractivity contribution is 6.36. The van der Waals surface area contributed by atoms with Crippen LogP contribution >= 0.6 is 11.6 Å². The number of hydrogen-bond donors (Lipinski definition) is 3. The summed E-state index contributed by atoms with van der Waals surface area (Å²) < 4.78 is 6.78. The molecule has 4 aromatic rings. The summed E-state index contributed by atoms with van der Waals surface area (Å²) in [5.74, 6) is -0.000301. The number of rotatable bonds is 8. The minimum absolute atomic E-state index is 0.0518. The highest BCUT2D eigenvalue weighted by Crippen LogP contribution is 2.39. The van der Waals surface area contributed by atoms with Crippen LogP contribution in [0.2, 0.25) is 5.02 Å². The summed E-state index contributed by atoms with van der Waals surface area (Å²) in [4.78, 5) is 30.5. The number of pyridine rings is 1. The van der Waals surface area contributed by atoms with Crippen molar-refractivity contribution in [3.63, 3.8) is 0 Å². The molecule has 3 N–H and O–H groups in total. The zero-order chi connectivity index (χ0) is 30.7. The third-order valence-corrected chi connectivity index (χ3v) is 8.52. The van der Waals surface area contributed by atoms with E-state index in [0.717, 1.165) is 58.2 Å². The molecule has 1 fully saturated rings. The van der Waals surface area contributed by atoms with Gasteiger partial charge in [0.2, 0.25) is 5.88 Å². The molecule has 0 saturated heterocycles. The van der Waals surface area contributed by atoms with Gasteiger partial charge in [-0.3, -0.25) is 9.59 Å². The Morgan fingerprint density at radius 2 is 1.79 bits per heavy atom. The predicted molar refractivity (Wildman–Crippen MR) is 169 cm³/mol. The van der Waals surface area contributed by atoms with Crippen LogP contribution in [0.4, 0.5) is 5.69 Å². The average molecular weight is 602 g/mol. The van der Waals surface area contributed by atoms with Crippen molar-refractivity contribution in [3.05, 3.63) is 92.4 Å². The van der Waals surface area contributed by atoms with Gasteiger partial charge in [0, 0.05) is 42.0 Å². The highest BCUT2D eigenvalue weighted by atomic mass is 35.5. The van der Waals surface area contributed by atoms with Gasteiger partial charge in [-0.1, -0.05) is 60.8 Å². The van der Waals surface area contributed by atoms with Crippen LogP contribution in [-0.4, -0.2) is 45.0 Å². The number of aryl methyl sites for hydroxylation is 2. The number of nitrogens with one attached hydrogen (secondary N) is 2. The number of carbonyl (C=O) groups excluding carboxylic acids is 1. The van der Waals surface area contributed by atoms with Crippen molar-refractivity contribution < 1.29 is 14.6 Å². The number of ether oxygens (including phenoxy) is 1. The summed E-state index contributed by atoms with van der Waals surface area (Å²) in [5.41, 5.74) is 5.38. The lowest BCUT2D eigenvalue weighted by molar-refractivity contribution is 0.0901. The first-order valence-electron chi connectivity index (χ1n) is 14.4. The van der Waals surface area contributed by atoms with E-state index < -0.39 is 11.5 Å². The predicted octanol–water partition coefficient (Wildman–Crippen LogP) is 5.43. The SMILES string of the molecule is COc1nc(-c2cccc(-c3cccc(NC(=O)c4c(C)cnn(C)c4=O)c3C)c2Cl)ccc1CNC1CCCCC1O. The summed E-state index contributed by atoms with van der Waals surface area (Å²) in [6, 6.07) is 15.3. The van der Waals surface area contributed by atoms with Gasteiger partial charge in [0.1, 0.15) is 5.56 Å². The molecule has 2 aromatic carbocycles. The smallest absolute Gasteiger partial charge is 0.279 e. The molecule has 224 valence electrons. The molecule has 10 heteroatoms. The number of nitrogens with zero attached hydrogens (tertiary/aromatic N) is 3. The van der Waals surface area contributed by atoms with Crippen LogP contribution < -0.4 is 20.9 Å². The number of aliphatic hydroxyl groups excluding tert-OH is 1. The molecular formula is C33H36ClN5O4. The fraction of sp³-hybridized carbons (Fsp3) is 0.333. The summed E-state index contributed by atoms with van der Waals surface area (Å²) in [6.07, 6.45) is 5.10. The number of methoxy groups -OCH3 is 1. The van der Waals surface area contributed by atoms with Crippen LogP contribution in [0.15, 0.2) is 59.5 Å². The molecule has 2 atom stereocenters. The van der Waals surface area contributed by atoms with E-state index in [1.54, 1.807) is 20.1 Å². The Labute approximate surface area is 255 Å². The lowest BCUT2D eigenvalue weighted by Crippen LogP contribution is -2.41. The van der Waals surface area contributed by atoms with Crippen LogP contribution in [-0.2, 0) is 13.6 Å². The van der Waals surface area contributed by atoms with Gasteiger partial charge in [0.25, 0.3) is 11.5 Å². The molecule has 2 unspecified atom stereocenters. The lowest BCUT2D eigenvalue weighted by Gasteiger charge is -2.28. The molecule has 0 bridgehead atoms. The first-order valence-corrected chi connectivity index (χ1v) is 14.8. The Kier molecular flexibility index (Phi) is 9.25. The number of benzene rings is 2. The fourth-order valence-corrected chi connectivity index (χ4v) is 5.93. The number of halogens is 1. The molecule has 0 aliphatic heterocycles. The molecule has 1 aliphatic carbocycles. The van der Waals surface area contributed by atoms with Crippen LogP contribution in [0.25, 0.3) is 22.4 Å². The largest absolute Gasteiger partial charge is 0.481 e. The maximum Gasteiger partial charge on any atom is 0.279 e. The molecule has 0 radical (unpaired) electrons. The number of amides is 1. The van der Waals surface area contributed by atoms with Gasteiger partial charge in [-0.2, -0.15) is 5.10 Å². The molecule has 0 spiro atoms. The molecule has 43 heavy (non-hydrogen) atoms. The average Bonchev–Trinajstić information content (AvgIpc) is 3.00. The van der Waals surface area contributed by atoms with E-state index in [9.17, 15) is 14.7 Å². The Hall–Kier alpha value is -4.05. The number of aliphatic hydroxyl groups is 1. The number of hydrogen-bond acceptors (Lipinski definition) is 7. The van der Waals surface area contributed by atoms with E-state index >= 15 is 0 Å². The maximum absolute atomic E-state index is 13.1. The number of anilines is 1. The monoisotopic (exact) mass is 601 g/mol. The zero-order valence-electron chi connectivity index (χ0n) is 24.8. The van der Waals surface area contributed by atoms with E-state index in [1.807, 2.05) is 49.4 Å². The van der Waals surface area contributed by atoms with Crippen LogP contribution in [0.1, 0.15) is 52.7 Å². The first-order chi connectivity index (χ1) is 20.7. The highest BCUT2D eigenvalue weighted by Gasteiger charge is 2.23. The summed E-state index contributed by atoms with van der Waals surface area (Å²) in [7, 11) is 3.10. The summed E-state index contributed by atoms with van der Waals surface area (Å²) in [6.45, 7) is 4.12. The molecule has 2 heterocycles. The minimum atomic E-state index is -0.496. The van der Waals surface area contributed by atoms with Gasteiger partial charge >= 0.3 is 0 Å². The second kappa shape index (κ2) is 13.1. The Morgan fingerprint density at radius 1 is 1.07 bits per heavy atom. The van der Waals surface area contributed by atoms with E-state index in [-0.39, 0.29) is 17.7 Å². The third kappa shape index (κ3) is 6.34. The van der Waals surface area contributed by atoms with Crippen molar-refractivity contribution in [2.75, 3.05) is 12.4 Å². The van der Waals surface area contributed by atoms with Crippen LogP contribution in [0, 0.1) is 13.8 Å². The topological polar surface area (TPSA) is 118 Å². The fourth-order valence-electron chi connectivity index (χ4n) is 5.60. The van der Waals surface area contributed by atoms with Crippen LogP contribution in [0.3, 0.4) is 0 Å². The van der Waals surface area contributed by atoms with Gasteiger partial charge in [0.05, 0.1) is 30.1 Å². The second-order valence-corrected chi connectivity index (χ2v) is 11.3. The van der Waals surface area contributed by atoms with E-state index in [4.69, 9.17) is 21.3 Å². The Balaban J connectivity index is 1.42. The van der Waals surface area contributed by atoms with Crippen molar-refractivity contribution in [3.8, 4) is 28.3 Å². The third-order valence-electron chi connectivity index (χ3n) is 8.12. The standard InChI is InChI=1S/C33H36ClN5O4/c1-19-17-36-39(3)33(42)29(19)31(41)37-25-13-8-9-22(20(25)2)23-10-7-11-24(30(23)34)26-16-15-21(32(38-26)43-4)18-35-27-12-5-6-14-28(27)40/h7-11,13,15-17,27-28,35,40H,5-6,12,14,18H2,1-4H3,(H,37,41). The number of carbonyl (C=O) groups is 1. The van der Waals surface area contributed by atoms with Gasteiger partial charge in [-0.05, 0) is 55.5 Å². The molecular weight excluding hydrogens is 566 g/mol. The van der Waals surface area contributed by atoms with Crippen molar-refractivity contribution >= 4 is 23.2 Å². The molecule has 1 amide bonds. The van der Waals surface area contributed by atoms with Crippen molar-refractivity contribution in [2.45, 2.75) is 58.2 Å². The number of aromatic nitrogens is 3. The Morgan fingerprint density at radius 3 is 2.56 bits per heavy atom. The lowest BCUT2D eigenvalue weighted by atomic mass is 9.92. The van der Waals surface area contributed by atoms with E-state index in [0.29, 0.717) is 34.4 Å². The quantitative estimate of drug-likeness (QED) is 0.246. The van der Waals surface area contributed by atoms with Gasteiger partial charge < -0.3 is 20.5 Å². The normalized spacial score (nSPS) is 16.6. The van der Waals surface area contributed by atoms with Gasteiger partial charge in [0.15, 0.2) is 0 Å². The molecule has 1 aliphatic rings.